The molecule has 2 unspecified atom stereocenters. The van der Waals surface area contributed by atoms with Crippen molar-refractivity contribution in [3.05, 3.63) is 0 Å². The number of nitrogens with zero attached hydrogens (tertiary/aromatic N) is 1. The highest BCUT2D eigenvalue weighted by Gasteiger charge is 2.19. The third kappa shape index (κ3) is 5.28. The molecular formula is C13H28N2O. The second-order valence-electron chi connectivity index (χ2n) is 4.89. The Hall–Kier alpha value is -0.120. The van der Waals surface area contributed by atoms with Crippen LogP contribution in [0.5, 0.6) is 0 Å². The second kappa shape index (κ2) is 8.04. The molecule has 3 nitrogen and oxygen atoms in total. The monoisotopic (exact) mass is 228 g/mol. The second-order valence-corrected chi connectivity index (χ2v) is 4.89. The van der Waals surface area contributed by atoms with Gasteiger partial charge in [0.15, 0.2) is 0 Å². The van der Waals surface area contributed by atoms with Gasteiger partial charge in [0.2, 0.25) is 0 Å². The average Bonchev–Trinajstić information content (AvgIpc) is 2.78. The Morgan fingerprint density at radius 2 is 2.25 bits per heavy atom. The van der Waals surface area contributed by atoms with Crippen molar-refractivity contribution < 1.29 is 4.74 Å². The minimum absolute atomic E-state index is 0.335. The first-order valence-corrected chi connectivity index (χ1v) is 6.85. The van der Waals surface area contributed by atoms with Crippen LogP contribution in [0.4, 0.5) is 0 Å². The fraction of sp³-hybridized carbons (Fsp3) is 1.00. The van der Waals surface area contributed by atoms with Crippen LogP contribution in [0.15, 0.2) is 0 Å². The van der Waals surface area contributed by atoms with Gasteiger partial charge in [-0.25, -0.2) is 0 Å². The summed E-state index contributed by atoms with van der Waals surface area (Å²) in [5.74, 6) is 0. The molecule has 0 aromatic carbocycles. The van der Waals surface area contributed by atoms with Gasteiger partial charge in [-0.05, 0) is 25.8 Å². The normalized spacial score (nSPS) is 22.9. The SMILES string of the molecule is CCCCC(N)CN(CC)CC1CCCO1. The summed E-state index contributed by atoms with van der Waals surface area (Å²) in [6, 6.07) is 0.335. The van der Waals surface area contributed by atoms with E-state index in [1.807, 2.05) is 0 Å². The molecule has 0 spiro atoms. The van der Waals surface area contributed by atoms with Crippen LogP contribution in [0.25, 0.3) is 0 Å². The van der Waals surface area contributed by atoms with Gasteiger partial charge in [0.05, 0.1) is 6.10 Å². The molecule has 1 heterocycles. The topological polar surface area (TPSA) is 38.5 Å². The van der Waals surface area contributed by atoms with Crippen LogP contribution < -0.4 is 5.73 Å². The minimum atomic E-state index is 0.335. The molecule has 1 aliphatic rings. The third-order valence-electron chi connectivity index (χ3n) is 3.35. The number of likely N-dealkylation sites (N-methyl/N-ethyl adjacent to an activating group) is 1. The van der Waals surface area contributed by atoms with Crippen molar-refractivity contribution in [2.45, 2.75) is 58.1 Å². The van der Waals surface area contributed by atoms with E-state index in [9.17, 15) is 0 Å². The molecule has 0 aliphatic carbocycles. The lowest BCUT2D eigenvalue weighted by Crippen LogP contribution is -2.41. The molecule has 0 bridgehead atoms. The van der Waals surface area contributed by atoms with E-state index < -0.39 is 0 Å². The van der Waals surface area contributed by atoms with Crippen LogP contribution in [0.3, 0.4) is 0 Å². The maximum Gasteiger partial charge on any atom is 0.0702 e. The highest BCUT2D eigenvalue weighted by Crippen LogP contribution is 2.13. The summed E-state index contributed by atoms with van der Waals surface area (Å²) in [5.41, 5.74) is 6.13. The lowest BCUT2D eigenvalue weighted by molar-refractivity contribution is 0.0726. The van der Waals surface area contributed by atoms with Crippen LogP contribution in [0, 0.1) is 0 Å². The van der Waals surface area contributed by atoms with Crippen LogP contribution in [0.1, 0.15) is 46.0 Å². The molecule has 1 aliphatic heterocycles. The molecular weight excluding hydrogens is 200 g/mol. The smallest absolute Gasteiger partial charge is 0.0702 e. The first-order chi connectivity index (χ1) is 7.76. The molecule has 0 radical (unpaired) electrons. The number of unbranched alkanes of at least 4 members (excludes halogenated alkanes) is 1. The Morgan fingerprint density at radius 1 is 1.44 bits per heavy atom. The quantitative estimate of drug-likeness (QED) is 0.690. The van der Waals surface area contributed by atoms with Gasteiger partial charge < -0.3 is 10.5 Å². The molecule has 0 aromatic rings. The molecule has 2 atom stereocenters. The molecule has 0 amide bonds. The van der Waals surface area contributed by atoms with Gasteiger partial charge in [-0.3, -0.25) is 4.90 Å². The van der Waals surface area contributed by atoms with Gasteiger partial charge in [0, 0.05) is 25.7 Å². The van der Waals surface area contributed by atoms with E-state index in [0.717, 1.165) is 32.7 Å². The van der Waals surface area contributed by atoms with Gasteiger partial charge in [-0.1, -0.05) is 26.7 Å². The van der Waals surface area contributed by atoms with Crippen molar-refractivity contribution in [3.8, 4) is 0 Å². The van der Waals surface area contributed by atoms with Crippen molar-refractivity contribution in [1.82, 2.24) is 4.90 Å². The van der Waals surface area contributed by atoms with Crippen molar-refractivity contribution in [1.29, 1.82) is 0 Å². The number of rotatable bonds is 8. The van der Waals surface area contributed by atoms with Crippen molar-refractivity contribution in [2.24, 2.45) is 5.73 Å². The van der Waals surface area contributed by atoms with Gasteiger partial charge >= 0.3 is 0 Å². The van der Waals surface area contributed by atoms with Crippen molar-refractivity contribution >= 4 is 0 Å². The summed E-state index contributed by atoms with van der Waals surface area (Å²) in [4.78, 5) is 2.44. The highest BCUT2D eigenvalue weighted by atomic mass is 16.5. The molecule has 0 saturated carbocycles. The van der Waals surface area contributed by atoms with Gasteiger partial charge in [0.25, 0.3) is 0 Å². The minimum Gasteiger partial charge on any atom is -0.377 e. The zero-order chi connectivity index (χ0) is 11.8. The first-order valence-electron chi connectivity index (χ1n) is 6.85. The summed E-state index contributed by atoms with van der Waals surface area (Å²) in [6.45, 7) is 8.55. The third-order valence-corrected chi connectivity index (χ3v) is 3.35. The maximum absolute atomic E-state index is 6.13. The Morgan fingerprint density at radius 3 is 2.81 bits per heavy atom. The van der Waals surface area contributed by atoms with E-state index in [2.05, 4.69) is 18.7 Å². The van der Waals surface area contributed by atoms with Crippen LogP contribution in [-0.4, -0.2) is 43.3 Å². The maximum atomic E-state index is 6.13. The Balaban J connectivity index is 2.19. The van der Waals surface area contributed by atoms with E-state index in [1.54, 1.807) is 0 Å². The van der Waals surface area contributed by atoms with Crippen LogP contribution in [0.2, 0.25) is 0 Å². The largest absolute Gasteiger partial charge is 0.377 e. The number of nitrogens with two attached hydrogens (primary N) is 1. The molecule has 1 fully saturated rings. The summed E-state index contributed by atoms with van der Waals surface area (Å²) >= 11 is 0. The standard InChI is InChI=1S/C13H28N2O/c1-3-5-7-12(14)10-15(4-2)11-13-8-6-9-16-13/h12-13H,3-11,14H2,1-2H3. The fourth-order valence-electron chi connectivity index (χ4n) is 2.30. The van der Waals surface area contributed by atoms with E-state index in [1.165, 1.54) is 25.7 Å². The lowest BCUT2D eigenvalue weighted by Gasteiger charge is -2.26. The van der Waals surface area contributed by atoms with Crippen LogP contribution in [-0.2, 0) is 4.74 Å². The zero-order valence-electron chi connectivity index (χ0n) is 11.0. The lowest BCUT2D eigenvalue weighted by atomic mass is 10.1. The summed E-state index contributed by atoms with van der Waals surface area (Å²) in [5, 5.41) is 0. The molecule has 0 aromatic heterocycles. The fourth-order valence-corrected chi connectivity index (χ4v) is 2.30. The van der Waals surface area contributed by atoms with Crippen molar-refractivity contribution in [3.63, 3.8) is 0 Å². The predicted octanol–water partition coefficient (Wildman–Crippen LogP) is 2.00. The van der Waals surface area contributed by atoms with Gasteiger partial charge in [-0.2, -0.15) is 0 Å². The summed E-state index contributed by atoms with van der Waals surface area (Å²) in [7, 11) is 0. The predicted molar refractivity (Wildman–Crippen MR) is 68.6 cm³/mol. The van der Waals surface area contributed by atoms with Crippen molar-refractivity contribution in [2.75, 3.05) is 26.2 Å². The van der Waals surface area contributed by atoms with E-state index in [0.29, 0.717) is 12.1 Å². The Labute approximate surface area is 100 Å². The first kappa shape index (κ1) is 13.9. The number of hydrogen-bond donors (Lipinski definition) is 1. The van der Waals surface area contributed by atoms with E-state index in [-0.39, 0.29) is 0 Å². The molecule has 1 saturated heterocycles. The highest BCUT2D eigenvalue weighted by molar-refractivity contribution is 4.73. The van der Waals surface area contributed by atoms with Gasteiger partial charge in [0.1, 0.15) is 0 Å². The number of ether oxygens (including phenoxy) is 1. The van der Waals surface area contributed by atoms with Crippen LogP contribution >= 0.6 is 0 Å². The van der Waals surface area contributed by atoms with Gasteiger partial charge in [-0.15, -0.1) is 0 Å². The molecule has 96 valence electrons. The molecule has 16 heavy (non-hydrogen) atoms. The Bertz CT molecular complexity index is 169. The molecule has 2 N–H and O–H groups in total. The molecule has 3 heteroatoms. The van der Waals surface area contributed by atoms with E-state index in [4.69, 9.17) is 10.5 Å². The Kier molecular flexibility index (Phi) is 7.01. The van der Waals surface area contributed by atoms with E-state index >= 15 is 0 Å². The zero-order valence-corrected chi connectivity index (χ0v) is 11.0. The summed E-state index contributed by atoms with van der Waals surface area (Å²) in [6.07, 6.45) is 6.55. The molecule has 1 rings (SSSR count). The average molecular weight is 228 g/mol. The summed E-state index contributed by atoms with van der Waals surface area (Å²) < 4.78 is 5.67. The number of hydrogen-bond acceptors (Lipinski definition) is 3.